The highest BCUT2D eigenvalue weighted by molar-refractivity contribution is 9.12. The Bertz CT molecular complexity index is 1060. The Morgan fingerprint density at radius 3 is 2.39 bits per heavy atom. The highest BCUT2D eigenvalue weighted by Gasteiger charge is 2.26. The molecule has 0 amide bonds. The summed E-state index contributed by atoms with van der Waals surface area (Å²) >= 11 is 6.70. The molecule has 0 atom stereocenters. The van der Waals surface area contributed by atoms with Crippen LogP contribution in [0.3, 0.4) is 0 Å². The molecule has 2 aromatic carbocycles. The SMILES string of the molecule is O=C1C(Br)=Cc2c(-c3ccccc3)c(=O)oc3c(Br)ccc1c23. The molecule has 1 aliphatic carbocycles. The minimum absolute atomic E-state index is 0.122. The molecular weight excluding hydrogens is 424 g/mol. The van der Waals surface area contributed by atoms with Gasteiger partial charge in [0.1, 0.15) is 0 Å². The van der Waals surface area contributed by atoms with Crippen molar-refractivity contribution in [1.82, 2.24) is 0 Å². The zero-order chi connectivity index (χ0) is 16.1. The highest BCUT2D eigenvalue weighted by Crippen LogP contribution is 2.39. The van der Waals surface area contributed by atoms with E-state index in [0.717, 1.165) is 5.56 Å². The van der Waals surface area contributed by atoms with Crippen LogP contribution in [0.2, 0.25) is 0 Å². The van der Waals surface area contributed by atoms with Crippen LogP contribution in [0.1, 0.15) is 15.9 Å². The van der Waals surface area contributed by atoms with Gasteiger partial charge in [-0.05, 0) is 55.6 Å². The van der Waals surface area contributed by atoms with E-state index >= 15 is 0 Å². The number of benzene rings is 2. The van der Waals surface area contributed by atoms with Crippen LogP contribution in [0.15, 0.2) is 60.6 Å². The average Bonchev–Trinajstić information content (AvgIpc) is 2.55. The second-order valence-corrected chi connectivity index (χ2v) is 6.87. The van der Waals surface area contributed by atoms with Gasteiger partial charge in [0.15, 0.2) is 5.58 Å². The highest BCUT2D eigenvalue weighted by atomic mass is 79.9. The maximum Gasteiger partial charge on any atom is 0.344 e. The van der Waals surface area contributed by atoms with E-state index in [9.17, 15) is 9.59 Å². The molecule has 0 bridgehead atoms. The van der Waals surface area contributed by atoms with Gasteiger partial charge in [-0.25, -0.2) is 4.79 Å². The number of hydrogen-bond acceptors (Lipinski definition) is 3. The first kappa shape index (κ1) is 14.6. The second kappa shape index (κ2) is 5.28. The van der Waals surface area contributed by atoms with Crippen molar-refractivity contribution in [3.05, 3.63) is 73.0 Å². The first-order valence-electron chi connectivity index (χ1n) is 6.84. The first-order chi connectivity index (χ1) is 11.1. The second-order valence-electron chi connectivity index (χ2n) is 5.16. The minimum atomic E-state index is -0.428. The van der Waals surface area contributed by atoms with Crippen LogP contribution < -0.4 is 5.63 Å². The fourth-order valence-electron chi connectivity index (χ4n) is 2.84. The van der Waals surface area contributed by atoms with Crippen molar-refractivity contribution in [3.63, 3.8) is 0 Å². The Labute approximate surface area is 147 Å². The number of ketones is 1. The molecule has 5 heteroatoms. The third-order valence-electron chi connectivity index (χ3n) is 3.84. The van der Waals surface area contributed by atoms with Crippen molar-refractivity contribution >= 4 is 54.7 Å². The fraction of sp³-hybridized carbons (Fsp3) is 0. The number of hydrogen-bond donors (Lipinski definition) is 0. The summed E-state index contributed by atoms with van der Waals surface area (Å²) in [6.07, 6.45) is 1.70. The zero-order valence-corrected chi connectivity index (χ0v) is 14.8. The molecule has 3 aromatic rings. The van der Waals surface area contributed by atoms with Crippen molar-refractivity contribution in [2.24, 2.45) is 0 Å². The van der Waals surface area contributed by atoms with Crippen LogP contribution in [0.4, 0.5) is 0 Å². The molecule has 0 N–H and O–H groups in total. The number of carbonyl (C=O) groups is 1. The van der Waals surface area contributed by atoms with Crippen molar-refractivity contribution < 1.29 is 9.21 Å². The van der Waals surface area contributed by atoms with Gasteiger partial charge in [0.2, 0.25) is 5.78 Å². The number of rotatable bonds is 1. The van der Waals surface area contributed by atoms with Gasteiger partial charge in [0.25, 0.3) is 0 Å². The zero-order valence-electron chi connectivity index (χ0n) is 11.6. The molecule has 0 saturated heterocycles. The summed E-state index contributed by atoms with van der Waals surface area (Å²) in [5.41, 5.74) is 2.41. The maximum atomic E-state index is 12.6. The fourth-order valence-corrected chi connectivity index (χ4v) is 3.69. The van der Waals surface area contributed by atoms with E-state index in [2.05, 4.69) is 31.9 Å². The molecule has 1 aromatic heterocycles. The van der Waals surface area contributed by atoms with E-state index in [0.29, 0.717) is 36.6 Å². The summed E-state index contributed by atoms with van der Waals surface area (Å²) in [4.78, 5) is 25.0. The summed E-state index contributed by atoms with van der Waals surface area (Å²) in [5, 5.41) is 0.658. The third kappa shape index (κ3) is 2.15. The van der Waals surface area contributed by atoms with Crippen LogP contribution >= 0.6 is 31.9 Å². The van der Waals surface area contributed by atoms with E-state index in [1.807, 2.05) is 30.3 Å². The Morgan fingerprint density at radius 2 is 1.65 bits per heavy atom. The number of halogens is 2. The van der Waals surface area contributed by atoms with Crippen molar-refractivity contribution in [3.8, 4) is 11.1 Å². The molecule has 0 spiro atoms. The lowest BCUT2D eigenvalue weighted by atomic mass is 9.90. The van der Waals surface area contributed by atoms with Gasteiger partial charge in [0, 0.05) is 16.5 Å². The van der Waals surface area contributed by atoms with Crippen molar-refractivity contribution in [2.45, 2.75) is 0 Å². The number of Topliss-reactive ketones (excluding diaryl/α,β-unsaturated/α-hetero) is 1. The summed E-state index contributed by atoms with van der Waals surface area (Å²) in [7, 11) is 0. The van der Waals surface area contributed by atoms with Crippen molar-refractivity contribution in [1.29, 1.82) is 0 Å². The Hall–Kier alpha value is -1.98. The molecule has 0 fully saturated rings. The summed E-state index contributed by atoms with van der Waals surface area (Å²) < 4.78 is 6.59. The maximum absolute atomic E-state index is 12.6. The van der Waals surface area contributed by atoms with E-state index < -0.39 is 5.63 Å². The molecule has 0 unspecified atom stereocenters. The smallest absolute Gasteiger partial charge is 0.344 e. The van der Waals surface area contributed by atoms with E-state index in [4.69, 9.17) is 4.42 Å². The molecule has 1 aliphatic rings. The lowest BCUT2D eigenvalue weighted by Gasteiger charge is -2.16. The average molecular weight is 432 g/mol. The molecule has 0 saturated carbocycles. The molecule has 0 radical (unpaired) electrons. The standard InChI is InChI=1S/C18H8Br2O3/c19-12-7-6-10-15-11(8-13(20)16(10)21)14(18(22)23-17(12)15)9-4-2-1-3-5-9/h1-8H. The monoisotopic (exact) mass is 430 g/mol. The quantitative estimate of drug-likeness (QED) is 0.500. The van der Waals surface area contributed by atoms with Gasteiger partial charge in [-0.3, -0.25) is 4.79 Å². The van der Waals surface area contributed by atoms with Gasteiger partial charge < -0.3 is 4.42 Å². The Balaban J connectivity index is 2.25. The van der Waals surface area contributed by atoms with E-state index in [-0.39, 0.29) is 5.78 Å². The first-order valence-corrected chi connectivity index (χ1v) is 8.43. The van der Waals surface area contributed by atoms with Gasteiger partial charge in [-0.15, -0.1) is 0 Å². The predicted octanol–water partition coefficient (Wildman–Crippen LogP) is 5.15. The van der Waals surface area contributed by atoms with Gasteiger partial charge in [0.05, 0.1) is 14.5 Å². The van der Waals surface area contributed by atoms with E-state index in [1.165, 1.54) is 0 Å². The predicted molar refractivity (Wildman–Crippen MR) is 96.9 cm³/mol. The number of allylic oxidation sites excluding steroid dienone is 1. The summed E-state index contributed by atoms with van der Waals surface area (Å²) in [5.74, 6) is -0.122. The lowest BCUT2D eigenvalue weighted by molar-refractivity contribution is 0.104. The normalized spacial score (nSPS) is 13.3. The van der Waals surface area contributed by atoms with Gasteiger partial charge >= 0.3 is 5.63 Å². The minimum Gasteiger partial charge on any atom is -0.421 e. The molecule has 1 heterocycles. The molecule has 23 heavy (non-hydrogen) atoms. The molecule has 0 aliphatic heterocycles. The van der Waals surface area contributed by atoms with Crippen LogP contribution in [0.5, 0.6) is 0 Å². The number of carbonyl (C=O) groups excluding carboxylic acids is 1. The topological polar surface area (TPSA) is 47.3 Å². The van der Waals surface area contributed by atoms with Crippen LogP contribution in [-0.4, -0.2) is 5.78 Å². The van der Waals surface area contributed by atoms with Gasteiger partial charge in [-0.2, -0.15) is 0 Å². The summed E-state index contributed by atoms with van der Waals surface area (Å²) in [6, 6.07) is 12.8. The Kier molecular flexibility index (Phi) is 3.36. The molecule has 4 rings (SSSR count). The van der Waals surface area contributed by atoms with Gasteiger partial charge in [-0.1, -0.05) is 30.3 Å². The molecular formula is C18H8Br2O3. The van der Waals surface area contributed by atoms with E-state index in [1.54, 1.807) is 18.2 Å². The summed E-state index contributed by atoms with van der Waals surface area (Å²) in [6.45, 7) is 0. The van der Waals surface area contributed by atoms with Crippen LogP contribution in [-0.2, 0) is 0 Å². The molecule has 3 nitrogen and oxygen atoms in total. The van der Waals surface area contributed by atoms with Crippen molar-refractivity contribution in [2.75, 3.05) is 0 Å². The largest absolute Gasteiger partial charge is 0.421 e. The molecule has 112 valence electrons. The Morgan fingerprint density at radius 1 is 0.913 bits per heavy atom. The lowest BCUT2D eigenvalue weighted by Crippen LogP contribution is -2.12. The van der Waals surface area contributed by atoms with Crippen LogP contribution in [0.25, 0.3) is 28.2 Å². The van der Waals surface area contributed by atoms with Crippen LogP contribution in [0, 0.1) is 0 Å². The third-order valence-corrected chi connectivity index (χ3v) is 5.06.